The maximum Gasteiger partial charge on any atom is 0.225 e. The highest BCUT2D eigenvalue weighted by molar-refractivity contribution is 7.89. The molecule has 0 radical (unpaired) electrons. The van der Waals surface area contributed by atoms with Crippen molar-refractivity contribution in [1.82, 2.24) is 9.88 Å². The number of carbonyl (C=O) groups is 1. The van der Waals surface area contributed by atoms with E-state index in [9.17, 15) is 13.2 Å². The molecule has 7 heteroatoms. The van der Waals surface area contributed by atoms with Crippen LogP contribution < -0.4 is 4.90 Å². The molecule has 132 valence electrons. The smallest absolute Gasteiger partial charge is 0.225 e. The van der Waals surface area contributed by atoms with Crippen LogP contribution >= 0.6 is 0 Å². The first-order chi connectivity index (χ1) is 11.4. The van der Waals surface area contributed by atoms with Crippen molar-refractivity contribution < 1.29 is 13.2 Å². The highest BCUT2D eigenvalue weighted by Gasteiger charge is 2.30. The van der Waals surface area contributed by atoms with Gasteiger partial charge in [0.05, 0.1) is 5.75 Å². The van der Waals surface area contributed by atoms with Crippen LogP contribution in [0.5, 0.6) is 0 Å². The van der Waals surface area contributed by atoms with E-state index in [0.29, 0.717) is 11.5 Å². The van der Waals surface area contributed by atoms with E-state index in [1.165, 1.54) is 12.7 Å². The summed E-state index contributed by atoms with van der Waals surface area (Å²) in [6.45, 7) is 3.20. The molecule has 0 atom stereocenters. The van der Waals surface area contributed by atoms with E-state index in [2.05, 4.69) is 9.88 Å². The van der Waals surface area contributed by atoms with Crippen molar-refractivity contribution in [2.24, 2.45) is 5.92 Å². The predicted molar refractivity (Wildman–Crippen MR) is 93.5 cm³/mol. The zero-order valence-electron chi connectivity index (χ0n) is 14.1. The average molecular weight is 351 g/mol. The SMILES string of the molecule is CS(=O)(=O)Cc1ccc(N2CCCN(C(=O)C3CCC3)CC2)nc1. The van der Waals surface area contributed by atoms with Crippen LogP contribution in [0.3, 0.4) is 0 Å². The van der Waals surface area contributed by atoms with Gasteiger partial charge in [0.2, 0.25) is 5.91 Å². The highest BCUT2D eigenvalue weighted by atomic mass is 32.2. The van der Waals surface area contributed by atoms with E-state index in [0.717, 1.165) is 51.3 Å². The Labute approximate surface area is 143 Å². The molecule has 1 aromatic heterocycles. The number of hydrogen-bond donors (Lipinski definition) is 0. The minimum atomic E-state index is -3.04. The second-order valence-electron chi connectivity index (χ2n) is 6.89. The van der Waals surface area contributed by atoms with Crippen molar-refractivity contribution in [3.8, 4) is 0 Å². The van der Waals surface area contributed by atoms with Crippen molar-refractivity contribution >= 4 is 21.6 Å². The molecule has 1 aromatic rings. The number of sulfone groups is 1. The van der Waals surface area contributed by atoms with Gasteiger partial charge >= 0.3 is 0 Å². The molecule has 1 amide bonds. The van der Waals surface area contributed by atoms with Gasteiger partial charge in [0.1, 0.15) is 5.82 Å². The number of nitrogens with zero attached hydrogens (tertiary/aromatic N) is 3. The standard InChI is InChI=1S/C17H25N3O3S/c1-24(22,23)13-14-6-7-16(18-12-14)19-8-3-9-20(11-10-19)17(21)15-4-2-5-15/h6-7,12,15H,2-5,8-11,13H2,1H3. The average Bonchev–Trinajstić information content (AvgIpc) is 2.70. The Kier molecular flexibility index (Phi) is 5.08. The molecule has 1 saturated heterocycles. The molecular weight excluding hydrogens is 326 g/mol. The van der Waals surface area contributed by atoms with Gasteiger partial charge < -0.3 is 9.80 Å². The number of anilines is 1. The molecule has 0 spiro atoms. The zero-order chi connectivity index (χ0) is 17.2. The van der Waals surface area contributed by atoms with E-state index in [-0.39, 0.29) is 11.7 Å². The number of rotatable bonds is 4. The van der Waals surface area contributed by atoms with Crippen LogP contribution in [-0.2, 0) is 20.4 Å². The van der Waals surface area contributed by atoms with Crippen molar-refractivity contribution in [3.63, 3.8) is 0 Å². The van der Waals surface area contributed by atoms with Crippen LogP contribution in [0.4, 0.5) is 5.82 Å². The van der Waals surface area contributed by atoms with Crippen LogP contribution in [0.2, 0.25) is 0 Å². The van der Waals surface area contributed by atoms with Crippen LogP contribution in [-0.4, -0.2) is 56.6 Å². The monoisotopic (exact) mass is 351 g/mol. The summed E-state index contributed by atoms with van der Waals surface area (Å²) in [5.41, 5.74) is 0.706. The molecular formula is C17H25N3O3S. The molecule has 2 heterocycles. The fourth-order valence-corrected chi connectivity index (χ4v) is 4.05. The van der Waals surface area contributed by atoms with Crippen molar-refractivity contribution in [2.45, 2.75) is 31.4 Å². The second-order valence-corrected chi connectivity index (χ2v) is 9.03. The lowest BCUT2D eigenvalue weighted by Crippen LogP contribution is -2.41. The van der Waals surface area contributed by atoms with Crippen LogP contribution in [0.1, 0.15) is 31.2 Å². The Bertz CT molecular complexity index is 684. The second kappa shape index (κ2) is 7.09. The van der Waals surface area contributed by atoms with Crippen molar-refractivity contribution in [3.05, 3.63) is 23.9 Å². The number of amides is 1. The molecule has 1 aliphatic carbocycles. The zero-order valence-corrected chi connectivity index (χ0v) is 15.0. The molecule has 0 aromatic carbocycles. The summed E-state index contributed by atoms with van der Waals surface area (Å²) < 4.78 is 22.7. The van der Waals surface area contributed by atoms with Crippen LogP contribution in [0.15, 0.2) is 18.3 Å². The maximum atomic E-state index is 12.4. The fraction of sp³-hybridized carbons (Fsp3) is 0.647. The first-order valence-electron chi connectivity index (χ1n) is 8.59. The normalized spacial score (nSPS) is 19.7. The molecule has 0 N–H and O–H groups in total. The number of carbonyl (C=O) groups excluding carboxylic acids is 1. The predicted octanol–water partition coefficient (Wildman–Crippen LogP) is 1.46. The van der Waals surface area contributed by atoms with Gasteiger partial charge in [-0.1, -0.05) is 12.5 Å². The molecule has 1 aliphatic heterocycles. The van der Waals surface area contributed by atoms with Gasteiger partial charge in [-0.25, -0.2) is 13.4 Å². The van der Waals surface area contributed by atoms with Gasteiger partial charge in [0.15, 0.2) is 9.84 Å². The molecule has 0 unspecified atom stereocenters. The largest absolute Gasteiger partial charge is 0.355 e. The Hall–Kier alpha value is -1.63. The summed E-state index contributed by atoms with van der Waals surface area (Å²) in [7, 11) is -3.04. The molecule has 2 aliphatic rings. The van der Waals surface area contributed by atoms with Crippen LogP contribution in [0.25, 0.3) is 0 Å². The number of hydrogen-bond acceptors (Lipinski definition) is 5. The Balaban J connectivity index is 1.60. The lowest BCUT2D eigenvalue weighted by Gasteiger charge is -2.31. The van der Waals surface area contributed by atoms with Gasteiger partial charge in [0.25, 0.3) is 0 Å². The van der Waals surface area contributed by atoms with Crippen molar-refractivity contribution in [2.75, 3.05) is 37.3 Å². The number of pyridine rings is 1. The van der Waals surface area contributed by atoms with E-state index in [1.807, 2.05) is 17.0 Å². The highest BCUT2D eigenvalue weighted by Crippen LogP contribution is 2.28. The van der Waals surface area contributed by atoms with E-state index in [1.54, 1.807) is 6.20 Å². The minimum Gasteiger partial charge on any atom is -0.355 e. The summed E-state index contributed by atoms with van der Waals surface area (Å²) in [5.74, 6) is 1.44. The maximum absolute atomic E-state index is 12.4. The summed E-state index contributed by atoms with van der Waals surface area (Å²) >= 11 is 0. The molecule has 2 fully saturated rings. The molecule has 24 heavy (non-hydrogen) atoms. The van der Waals surface area contributed by atoms with Crippen molar-refractivity contribution in [1.29, 1.82) is 0 Å². The molecule has 3 rings (SSSR count). The van der Waals surface area contributed by atoms with E-state index >= 15 is 0 Å². The fourth-order valence-electron chi connectivity index (χ4n) is 3.27. The van der Waals surface area contributed by atoms with Gasteiger partial charge in [-0.15, -0.1) is 0 Å². The lowest BCUT2D eigenvalue weighted by atomic mass is 9.84. The quantitative estimate of drug-likeness (QED) is 0.821. The third-order valence-electron chi connectivity index (χ3n) is 4.82. The van der Waals surface area contributed by atoms with Gasteiger partial charge in [-0.05, 0) is 30.9 Å². The summed E-state index contributed by atoms with van der Waals surface area (Å²) in [6, 6.07) is 3.70. The van der Waals surface area contributed by atoms with Crippen LogP contribution in [0, 0.1) is 5.92 Å². The van der Waals surface area contributed by atoms with E-state index in [4.69, 9.17) is 0 Å². The third kappa shape index (κ3) is 4.26. The molecule has 1 saturated carbocycles. The third-order valence-corrected chi connectivity index (χ3v) is 5.68. The topological polar surface area (TPSA) is 70.6 Å². The van der Waals surface area contributed by atoms with Gasteiger partial charge in [-0.2, -0.15) is 0 Å². The Morgan fingerprint density at radius 2 is 1.96 bits per heavy atom. The molecule has 0 bridgehead atoms. The summed E-state index contributed by atoms with van der Waals surface area (Å²) in [4.78, 5) is 21.0. The van der Waals surface area contributed by atoms with Gasteiger partial charge in [0, 0.05) is 44.5 Å². The first kappa shape index (κ1) is 17.2. The minimum absolute atomic E-state index is 0.0178. The molecule has 6 nitrogen and oxygen atoms in total. The summed E-state index contributed by atoms with van der Waals surface area (Å²) in [5, 5.41) is 0. The number of aromatic nitrogens is 1. The first-order valence-corrected chi connectivity index (χ1v) is 10.6. The Morgan fingerprint density at radius 3 is 2.54 bits per heavy atom. The lowest BCUT2D eigenvalue weighted by molar-refractivity contribution is -0.137. The summed E-state index contributed by atoms with van der Waals surface area (Å²) in [6.07, 6.45) is 7.07. The Morgan fingerprint density at radius 1 is 1.17 bits per heavy atom. The van der Waals surface area contributed by atoms with Gasteiger partial charge in [-0.3, -0.25) is 4.79 Å². The van der Waals surface area contributed by atoms with E-state index < -0.39 is 9.84 Å².